The number of hydrogen-bond donors (Lipinski definition) is 4. The molecule has 4 aromatic carbocycles. The molecule has 0 spiro atoms. The number of rotatable bonds is 2. The van der Waals surface area contributed by atoms with Crippen LogP contribution in [0.15, 0.2) is 102 Å². The van der Waals surface area contributed by atoms with Gasteiger partial charge in [0.1, 0.15) is 11.5 Å². The molecule has 164 valence electrons. The highest BCUT2D eigenvalue weighted by Crippen LogP contribution is 2.31. The van der Waals surface area contributed by atoms with Gasteiger partial charge in [-0.1, -0.05) is 83.9 Å². The predicted molar refractivity (Wildman–Crippen MR) is 136 cm³/mol. The van der Waals surface area contributed by atoms with Gasteiger partial charge in [-0.2, -0.15) is 0 Å². The van der Waals surface area contributed by atoms with Gasteiger partial charge in [-0.05, 0) is 63.4 Å². The maximum atomic E-state index is 9.66. The molecule has 4 N–H and O–H groups in total. The number of phenolic OH excluding ortho intramolecular Hbond substituents is 2. The van der Waals surface area contributed by atoms with Crippen LogP contribution in [0.1, 0.15) is 0 Å². The topological polar surface area (TPSA) is 80.9 Å². The Labute approximate surface area is 205 Å². The summed E-state index contributed by atoms with van der Waals surface area (Å²) >= 11 is 14.4. The smallest absolute Gasteiger partial charge is 0.488 e. The Hall–Kier alpha value is -2.48. The molecule has 0 heterocycles. The van der Waals surface area contributed by atoms with E-state index in [1.165, 1.54) is 6.07 Å². The fourth-order valence-electron chi connectivity index (χ4n) is 2.48. The summed E-state index contributed by atoms with van der Waals surface area (Å²) in [6.07, 6.45) is 0. The number of benzene rings is 4. The Morgan fingerprint density at radius 2 is 1.12 bits per heavy atom. The molecule has 4 rings (SSSR count). The van der Waals surface area contributed by atoms with E-state index < -0.39 is 7.12 Å². The van der Waals surface area contributed by atoms with Gasteiger partial charge in [0.2, 0.25) is 0 Å². The summed E-state index contributed by atoms with van der Waals surface area (Å²) in [6.45, 7) is 0. The monoisotopic (exact) mass is 532 g/mol. The summed E-state index contributed by atoms with van der Waals surface area (Å²) in [7, 11) is -1.34. The lowest BCUT2D eigenvalue weighted by Crippen LogP contribution is -2.29. The minimum Gasteiger partial charge on any atom is -0.507 e. The zero-order valence-corrected chi connectivity index (χ0v) is 19.8. The van der Waals surface area contributed by atoms with Crippen molar-refractivity contribution in [2.45, 2.75) is 0 Å². The van der Waals surface area contributed by atoms with E-state index in [1.807, 2.05) is 42.5 Å². The molecule has 0 aliphatic carbocycles. The van der Waals surface area contributed by atoms with Crippen molar-refractivity contribution in [1.29, 1.82) is 0 Å². The van der Waals surface area contributed by atoms with Crippen LogP contribution >= 0.6 is 39.1 Å². The third kappa shape index (κ3) is 8.57. The van der Waals surface area contributed by atoms with Gasteiger partial charge in [0.05, 0.1) is 4.47 Å². The van der Waals surface area contributed by atoms with E-state index in [0.29, 0.717) is 20.0 Å². The summed E-state index contributed by atoms with van der Waals surface area (Å²) in [5.74, 6) is 0.381. The molecule has 0 saturated carbocycles. The number of aromatic hydroxyl groups is 2. The van der Waals surface area contributed by atoms with Crippen molar-refractivity contribution in [3.05, 3.63) is 112 Å². The minimum atomic E-state index is -1.34. The number of halogens is 3. The van der Waals surface area contributed by atoms with Gasteiger partial charge in [-0.25, -0.2) is 0 Å². The quantitative estimate of drug-likeness (QED) is 0.242. The van der Waals surface area contributed by atoms with Gasteiger partial charge in [0.25, 0.3) is 0 Å². The molecule has 4 nitrogen and oxygen atoms in total. The second-order valence-corrected chi connectivity index (χ2v) is 8.13. The Kier molecular flexibility index (Phi) is 10.6. The lowest BCUT2D eigenvalue weighted by Gasteiger charge is -2.04. The van der Waals surface area contributed by atoms with Crippen molar-refractivity contribution in [3.8, 4) is 22.6 Å². The second kappa shape index (κ2) is 13.2. The fraction of sp³-hybridized carbons (Fsp3) is 0. The van der Waals surface area contributed by atoms with Crippen molar-refractivity contribution in [2.24, 2.45) is 0 Å². The first kappa shape index (κ1) is 25.8. The van der Waals surface area contributed by atoms with Crippen molar-refractivity contribution >= 4 is 51.7 Å². The SMILES string of the molecule is OB(O)c1ccccc1.Oc1cc(Cl)ccc1-c1ccccc1.Oc1cc(Cl)ccc1Br. The summed E-state index contributed by atoms with van der Waals surface area (Å²) in [5, 5.41) is 36.9. The third-order valence-corrected chi connectivity index (χ3v) is 5.19. The van der Waals surface area contributed by atoms with Crippen LogP contribution in [0.25, 0.3) is 11.1 Å². The Morgan fingerprint density at radius 3 is 1.56 bits per heavy atom. The van der Waals surface area contributed by atoms with Crippen molar-refractivity contribution in [3.63, 3.8) is 0 Å². The first-order chi connectivity index (χ1) is 15.3. The van der Waals surface area contributed by atoms with Crippen molar-refractivity contribution in [1.82, 2.24) is 0 Å². The zero-order valence-electron chi connectivity index (χ0n) is 16.7. The van der Waals surface area contributed by atoms with Gasteiger partial charge in [0.15, 0.2) is 0 Å². The molecule has 0 aliphatic heterocycles. The van der Waals surface area contributed by atoms with Crippen LogP contribution in [-0.2, 0) is 0 Å². The molecule has 0 bridgehead atoms. The molecule has 0 amide bonds. The van der Waals surface area contributed by atoms with Crippen LogP contribution in [0.3, 0.4) is 0 Å². The summed E-state index contributed by atoms with van der Waals surface area (Å²) in [5.41, 5.74) is 2.31. The number of hydrogen-bond acceptors (Lipinski definition) is 4. The maximum absolute atomic E-state index is 9.66. The molecular weight excluding hydrogens is 514 g/mol. The van der Waals surface area contributed by atoms with E-state index in [0.717, 1.165) is 11.1 Å². The lowest BCUT2D eigenvalue weighted by atomic mass is 9.81. The molecule has 0 aliphatic rings. The van der Waals surface area contributed by atoms with Crippen LogP contribution in [0, 0.1) is 0 Å². The van der Waals surface area contributed by atoms with E-state index in [-0.39, 0.29) is 11.5 Å². The van der Waals surface area contributed by atoms with Gasteiger partial charge in [-0.15, -0.1) is 0 Å². The molecule has 0 fully saturated rings. The predicted octanol–water partition coefficient (Wildman–Crippen LogP) is 5.89. The van der Waals surface area contributed by atoms with Crippen LogP contribution in [-0.4, -0.2) is 27.4 Å². The van der Waals surface area contributed by atoms with Gasteiger partial charge in [-0.3, -0.25) is 0 Å². The summed E-state index contributed by atoms with van der Waals surface area (Å²) in [4.78, 5) is 0. The highest BCUT2D eigenvalue weighted by molar-refractivity contribution is 9.10. The van der Waals surface area contributed by atoms with Crippen molar-refractivity contribution in [2.75, 3.05) is 0 Å². The standard InChI is InChI=1S/C12H9ClO.C6H7BO2.C6H4BrClO/c13-10-6-7-11(12(14)8-10)9-4-2-1-3-5-9;8-7(9)6-4-2-1-3-5-6;7-5-2-1-4(8)3-6(5)9/h1-8,14H;1-5,8-9H;1-3,9H. The van der Waals surface area contributed by atoms with Crippen LogP contribution < -0.4 is 5.46 Å². The molecule has 32 heavy (non-hydrogen) atoms. The molecule has 0 aromatic heterocycles. The molecular formula is C24H20BBrCl2O4. The normalized spacial score (nSPS) is 9.66. The first-order valence-electron chi connectivity index (χ1n) is 9.37. The largest absolute Gasteiger partial charge is 0.507 e. The van der Waals surface area contributed by atoms with Crippen LogP contribution in [0.4, 0.5) is 0 Å². The molecule has 0 unspecified atom stereocenters. The average Bonchev–Trinajstić information content (AvgIpc) is 2.79. The Balaban J connectivity index is 0.000000178. The van der Waals surface area contributed by atoms with E-state index >= 15 is 0 Å². The molecule has 0 saturated heterocycles. The van der Waals surface area contributed by atoms with Gasteiger partial charge < -0.3 is 20.3 Å². The van der Waals surface area contributed by atoms with Crippen LogP contribution in [0.2, 0.25) is 10.0 Å². The Bertz CT molecular complexity index is 1110. The highest BCUT2D eigenvalue weighted by Gasteiger charge is 2.07. The fourth-order valence-corrected chi connectivity index (χ4v) is 3.06. The van der Waals surface area contributed by atoms with E-state index in [4.69, 9.17) is 38.4 Å². The minimum absolute atomic E-state index is 0.169. The van der Waals surface area contributed by atoms with E-state index in [2.05, 4.69) is 15.9 Å². The van der Waals surface area contributed by atoms with Gasteiger partial charge in [0, 0.05) is 15.6 Å². The first-order valence-corrected chi connectivity index (χ1v) is 10.9. The van der Waals surface area contributed by atoms with Crippen LogP contribution in [0.5, 0.6) is 11.5 Å². The number of phenols is 2. The summed E-state index contributed by atoms with van der Waals surface area (Å²) < 4.78 is 0.659. The van der Waals surface area contributed by atoms with E-state index in [9.17, 15) is 5.11 Å². The maximum Gasteiger partial charge on any atom is 0.488 e. The Morgan fingerprint density at radius 1 is 0.625 bits per heavy atom. The highest BCUT2D eigenvalue weighted by atomic mass is 79.9. The zero-order chi connectivity index (χ0) is 23.5. The average molecular weight is 534 g/mol. The molecule has 0 radical (unpaired) electrons. The molecule has 4 aromatic rings. The van der Waals surface area contributed by atoms with Gasteiger partial charge >= 0.3 is 7.12 Å². The molecule has 8 heteroatoms. The molecule has 0 atom stereocenters. The van der Waals surface area contributed by atoms with E-state index in [1.54, 1.807) is 48.5 Å². The lowest BCUT2D eigenvalue weighted by molar-refractivity contribution is 0.426. The summed E-state index contributed by atoms with van der Waals surface area (Å²) in [6, 6.07) is 28.4. The second-order valence-electron chi connectivity index (χ2n) is 6.41. The third-order valence-electron chi connectivity index (χ3n) is 4.05. The van der Waals surface area contributed by atoms with Crippen molar-refractivity contribution < 1.29 is 20.3 Å².